The summed E-state index contributed by atoms with van der Waals surface area (Å²) in [5.74, 6) is -1.33. The van der Waals surface area contributed by atoms with Crippen LogP contribution in [0.1, 0.15) is 35.1 Å². The average Bonchev–Trinajstić information content (AvgIpc) is 2.87. The molecule has 0 fully saturated rings. The van der Waals surface area contributed by atoms with Crippen LogP contribution < -0.4 is 10.0 Å². The quantitative estimate of drug-likeness (QED) is 0.564. The summed E-state index contributed by atoms with van der Waals surface area (Å²) < 4.78 is 49.0. The average molecular weight is 488 g/mol. The van der Waals surface area contributed by atoms with Gasteiger partial charge in [0, 0.05) is 5.56 Å². The number of nitrogens with zero attached hydrogens (tertiary/aromatic N) is 2. The summed E-state index contributed by atoms with van der Waals surface area (Å²) in [4.78, 5) is -0.0340. The molecule has 2 heterocycles. The molecule has 0 radical (unpaired) electrons. The van der Waals surface area contributed by atoms with Crippen molar-refractivity contribution in [3.63, 3.8) is 0 Å². The van der Waals surface area contributed by atoms with E-state index in [-0.39, 0.29) is 28.7 Å². The number of sulfonamides is 1. The standard InChI is InChI=1S/C27H22FN3O3S/c1-2-17-7-11-19(12-8-17)24-22(15-29)27(30)34-25-21-5-3-4-6-23(21)31(35(32,33)26(24)25)16-18-9-13-20(28)14-10-18/h3-14,24H,2,16,30H2,1H3/t24-/m0/s1. The summed E-state index contributed by atoms with van der Waals surface area (Å²) in [6, 6.07) is 22.2. The molecule has 0 saturated carbocycles. The molecule has 0 saturated heterocycles. The number of ether oxygens (including phenoxy) is 1. The normalized spacial score (nSPS) is 18.4. The minimum absolute atomic E-state index is 0.0149. The Morgan fingerprint density at radius 1 is 1.03 bits per heavy atom. The Morgan fingerprint density at radius 2 is 1.69 bits per heavy atom. The number of nitriles is 1. The van der Waals surface area contributed by atoms with E-state index in [2.05, 4.69) is 6.07 Å². The van der Waals surface area contributed by atoms with Crippen molar-refractivity contribution in [3.05, 3.63) is 117 Å². The van der Waals surface area contributed by atoms with Gasteiger partial charge in [-0.25, -0.2) is 12.8 Å². The third kappa shape index (κ3) is 3.74. The number of para-hydroxylation sites is 1. The highest BCUT2D eigenvalue weighted by Crippen LogP contribution is 2.51. The van der Waals surface area contributed by atoms with E-state index in [4.69, 9.17) is 10.5 Å². The minimum Gasteiger partial charge on any atom is -0.439 e. The Hall–Kier alpha value is -4.09. The molecule has 176 valence electrons. The van der Waals surface area contributed by atoms with Crippen LogP contribution in [0.15, 0.2) is 89.2 Å². The molecule has 0 aliphatic carbocycles. The summed E-state index contributed by atoms with van der Waals surface area (Å²) in [7, 11) is -4.17. The molecule has 6 nitrogen and oxygen atoms in total. The Kier molecular flexibility index (Phi) is 5.58. The summed E-state index contributed by atoms with van der Waals surface area (Å²) in [5.41, 5.74) is 9.49. The van der Waals surface area contributed by atoms with Crippen LogP contribution in [-0.4, -0.2) is 8.42 Å². The Balaban J connectivity index is 1.73. The maximum Gasteiger partial charge on any atom is 0.265 e. The molecule has 0 aromatic heterocycles. The van der Waals surface area contributed by atoms with Gasteiger partial charge in [-0.2, -0.15) is 5.26 Å². The van der Waals surface area contributed by atoms with Crippen molar-refractivity contribution in [1.29, 1.82) is 5.26 Å². The van der Waals surface area contributed by atoms with E-state index < -0.39 is 21.8 Å². The number of halogens is 1. The van der Waals surface area contributed by atoms with Crippen molar-refractivity contribution in [2.45, 2.75) is 25.8 Å². The molecule has 1 atom stereocenters. The molecule has 0 unspecified atom stereocenters. The van der Waals surface area contributed by atoms with Gasteiger partial charge in [0.25, 0.3) is 10.0 Å². The fourth-order valence-electron chi connectivity index (χ4n) is 4.51. The van der Waals surface area contributed by atoms with Gasteiger partial charge in [0.15, 0.2) is 5.76 Å². The molecule has 2 N–H and O–H groups in total. The second kappa shape index (κ2) is 8.60. The third-order valence-electron chi connectivity index (χ3n) is 6.32. The highest BCUT2D eigenvalue weighted by Gasteiger charge is 2.47. The molecule has 8 heteroatoms. The summed E-state index contributed by atoms with van der Waals surface area (Å²) in [6.45, 7) is 2.01. The fraction of sp³-hybridized carbons (Fsp3) is 0.148. The number of hydrogen-bond acceptors (Lipinski definition) is 5. The van der Waals surface area contributed by atoms with E-state index in [1.807, 2.05) is 31.2 Å². The smallest absolute Gasteiger partial charge is 0.265 e. The first-order valence-electron chi connectivity index (χ1n) is 11.1. The van der Waals surface area contributed by atoms with Gasteiger partial charge in [-0.05, 0) is 47.4 Å². The Morgan fingerprint density at radius 3 is 2.34 bits per heavy atom. The highest BCUT2D eigenvalue weighted by atomic mass is 32.2. The maximum absolute atomic E-state index is 14.2. The zero-order chi connectivity index (χ0) is 24.7. The van der Waals surface area contributed by atoms with Gasteiger partial charge >= 0.3 is 0 Å². The van der Waals surface area contributed by atoms with Crippen LogP contribution >= 0.6 is 0 Å². The monoisotopic (exact) mass is 487 g/mol. The van der Waals surface area contributed by atoms with Gasteiger partial charge in [-0.15, -0.1) is 0 Å². The summed E-state index contributed by atoms with van der Waals surface area (Å²) in [6.07, 6.45) is 0.822. The van der Waals surface area contributed by atoms with Gasteiger partial charge < -0.3 is 10.5 Å². The molecule has 2 aliphatic rings. The lowest BCUT2D eigenvalue weighted by Crippen LogP contribution is -2.39. The van der Waals surface area contributed by atoms with E-state index in [0.717, 1.165) is 12.0 Å². The van der Waals surface area contributed by atoms with Crippen LogP contribution in [0.3, 0.4) is 0 Å². The second-order valence-electron chi connectivity index (χ2n) is 8.37. The van der Waals surface area contributed by atoms with E-state index in [1.54, 1.807) is 36.4 Å². The van der Waals surface area contributed by atoms with Crippen LogP contribution in [0.4, 0.5) is 10.1 Å². The molecule has 3 aromatic carbocycles. The first-order valence-corrected chi connectivity index (χ1v) is 12.6. The lowest BCUT2D eigenvalue weighted by atomic mass is 9.87. The molecule has 5 rings (SSSR count). The lowest BCUT2D eigenvalue weighted by Gasteiger charge is -2.38. The predicted molar refractivity (Wildman–Crippen MR) is 131 cm³/mol. The zero-order valence-electron chi connectivity index (χ0n) is 18.9. The number of hydrogen-bond donors (Lipinski definition) is 1. The molecular weight excluding hydrogens is 465 g/mol. The largest absolute Gasteiger partial charge is 0.439 e. The number of benzene rings is 3. The van der Waals surface area contributed by atoms with Gasteiger partial charge in [-0.1, -0.05) is 55.5 Å². The first kappa shape index (κ1) is 22.7. The van der Waals surface area contributed by atoms with Crippen molar-refractivity contribution < 1.29 is 17.5 Å². The minimum atomic E-state index is -4.17. The number of anilines is 1. The number of fused-ring (bicyclic) bond motifs is 2. The van der Waals surface area contributed by atoms with Crippen molar-refractivity contribution in [1.82, 2.24) is 0 Å². The molecule has 0 spiro atoms. The SMILES string of the molecule is CCc1ccc([C@H]2C(C#N)=C(N)OC3=C2S(=O)(=O)N(Cc2ccc(F)cc2)c2ccccc23)cc1. The number of rotatable bonds is 4. The number of nitrogens with two attached hydrogens (primary N) is 1. The van der Waals surface area contributed by atoms with Gasteiger partial charge in [0.1, 0.15) is 22.4 Å². The molecule has 0 amide bonds. The Bertz CT molecular complexity index is 1520. The van der Waals surface area contributed by atoms with E-state index in [1.165, 1.54) is 16.4 Å². The topological polar surface area (TPSA) is 96.4 Å². The first-order chi connectivity index (χ1) is 16.8. The maximum atomic E-state index is 14.2. The van der Waals surface area contributed by atoms with Crippen LogP contribution in [-0.2, 0) is 27.7 Å². The summed E-state index contributed by atoms with van der Waals surface area (Å²) in [5, 5.41) is 9.94. The van der Waals surface area contributed by atoms with Gasteiger partial charge in [-0.3, -0.25) is 4.31 Å². The molecule has 2 aliphatic heterocycles. The molecule has 35 heavy (non-hydrogen) atoms. The van der Waals surface area contributed by atoms with Crippen LogP contribution in [0.2, 0.25) is 0 Å². The van der Waals surface area contributed by atoms with Crippen molar-refractivity contribution >= 4 is 21.5 Å². The van der Waals surface area contributed by atoms with Crippen molar-refractivity contribution in [3.8, 4) is 6.07 Å². The number of allylic oxidation sites excluding steroid dienone is 2. The zero-order valence-corrected chi connectivity index (χ0v) is 19.7. The van der Waals surface area contributed by atoms with E-state index in [0.29, 0.717) is 22.4 Å². The third-order valence-corrected chi connectivity index (χ3v) is 8.20. The van der Waals surface area contributed by atoms with Crippen LogP contribution in [0, 0.1) is 17.1 Å². The van der Waals surface area contributed by atoms with Gasteiger partial charge in [0.05, 0.1) is 18.2 Å². The lowest BCUT2D eigenvalue weighted by molar-refractivity contribution is 0.357. The van der Waals surface area contributed by atoms with Crippen molar-refractivity contribution in [2.75, 3.05) is 4.31 Å². The Labute approximate surface area is 203 Å². The number of aryl methyl sites for hydroxylation is 1. The molecule has 3 aromatic rings. The highest BCUT2D eigenvalue weighted by molar-refractivity contribution is 7.96. The van der Waals surface area contributed by atoms with E-state index in [9.17, 15) is 18.1 Å². The van der Waals surface area contributed by atoms with Gasteiger partial charge in [0.2, 0.25) is 5.88 Å². The summed E-state index contributed by atoms with van der Waals surface area (Å²) >= 11 is 0. The van der Waals surface area contributed by atoms with Crippen LogP contribution in [0.25, 0.3) is 5.76 Å². The molecule has 0 bridgehead atoms. The van der Waals surface area contributed by atoms with Crippen molar-refractivity contribution in [2.24, 2.45) is 5.73 Å². The van der Waals surface area contributed by atoms with Crippen LogP contribution in [0.5, 0.6) is 0 Å². The van der Waals surface area contributed by atoms with E-state index >= 15 is 0 Å². The predicted octanol–water partition coefficient (Wildman–Crippen LogP) is 4.91. The molecular formula is C27H22FN3O3S. The fourth-order valence-corrected chi connectivity index (χ4v) is 6.43. The second-order valence-corrected chi connectivity index (χ2v) is 10.2.